The van der Waals surface area contributed by atoms with Gasteiger partial charge in [0.25, 0.3) is 0 Å². The van der Waals surface area contributed by atoms with Gasteiger partial charge in [-0.05, 0) is 35.9 Å². The number of anilines is 1. The Kier molecular flexibility index (Phi) is 6.99. The Morgan fingerprint density at radius 1 is 1.22 bits per heavy atom. The summed E-state index contributed by atoms with van der Waals surface area (Å²) in [6.07, 6.45) is 0.374. The highest BCUT2D eigenvalue weighted by Gasteiger charge is 2.16. The van der Waals surface area contributed by atoms with Crippen LogP contribution >= 0.6 is 35.0 Å². The summed E-state index contributed by atoms with van der Waals surface area (Å²) in [5.41, 5.74) is 1.60. The van der Waals surface area contributed by atoms with Crippen LogP contribution in [0.3, 0.4) is 0 Å². The van der Waals surface area contributed by atoms with E-state index in [9.17, 15) is 4.79 Å². The molecule has 1 aliphatic rings. The maximum atomic E-state index is 12.2. The zero-order valence-corrected chi connectivity index (χ0v) is 17.0. The maximum Gasteiger partial charge on any atom is 0.225 e. The van der Waals surface area contributed by atoms with Crippen molar-refractivity contribution < 1.29 is 19.0 Å². The van der Waals surface area contributed by atoms with Gasteiger partial charge in [-0.2, -0.15) is 11.8 Å². The summed E-state index contributed by atoms with van der Waals surface area (Å²) in [6.45, 7) is 1.03. The fourth-order valence-electron chi connectivity index (χ4n) is 2.59. The summed E-state index contributed by atoms with van der Waals surface area (Å²) < 4.78 is 16.3. The van der Waals surface area contributed by atoms with Gasteiger partial charge in [-0.25, -0.2) is 0 Å². The van der Waals surface area contributed by atoms with Gasteiger partial charge < -0.3 is 19.5 Å². The van der Waals surface area contributed by atoms with Crippen molar-refractivity contribution in [3.05, 3.63) is 45.9 Å². The Balaban J connectivity index is 1.48. The van der Waals surface area contributed by atoms with Gasteiger partial charge in [0, 0.05) is 22.9 Å². The van der Waals surface area contributed by atoms with E-state index in [0.29, 0.717) is 58.4 Å². The quantitative estimate of drug-likeness (QED) is 0.627. The molecular formula is C19H19Cl2NO4S. The molecule has 3 rings (SSSR count). The molecule has 0 atom stereocenters. The minimum atomic E-state index is -0.0942. The molecule has 1 heterocycles. The first kappa shape index (κ1) is 20.0. The van der Waals surface area contributed by atoms with Crippen molar-refractivity contribution >= 4 is 46.6 Å². The molecule has 0 unspecified atom stereocenters. The molecule has 1 amide bonds. The molecule has 0 aliphatic carbocycles. The second-order valence-corrected chi connectivity index (χ2v) is 7.75. The lowest BCUT2D eigenvalue weighted by molar-refractivity contribution is -0.115. The third-order valence-electron chi connectivity index (χ3n) is 3.83. The molecule has 0 aromatic heterocycles. The minimum Gasteiger partial charge on any atom is -0.495 e. The second kappa shape index (κ2) is 9.44. The van der Waals surface area contributed by atoms with E-state index < -0.39 is 0 Å². The number of amides is 1. The van der Waals surface area contributed by atoms with Crippen molar-refractivity contribution in [2.45, 2.75) is 12.2 Å². The van der Waals surface area contributed by atoms with Crippen LogP contribution in [0.2, 0.25) is 10.0 Å². The third-order valence-corrected chi connectivity index (χ3v) is 5.38. The number of ether oxygens (including phenoxy) is 3. The number of carbonyl (C=O) groups excluding carboxylic acids is 1. The molecule has 8 heteroatoms. The summed E-state index contributed by atoms with van der Waals surface area (Å²) in [5.74, 6) is 3.15. The Morgan fingerprint density at radius 2 is 2.04 bits per heavy atom. The molecule has 0 fully saturated rings. The molecule has 1 N–H and O–H groups in total. The van der Waals surface area contributed by atoms with E-state index in [2.05, 4.69) is 5.32 Å². The number of thioether (sulfide) groups is 1. The zero-order valence-electron chi connectivity index (χ0n) is 14.7. The number of methoxy groups -OCH3 is 1. The number of halogens is 2. The van der Waals surface area contributed by atoms with E-state index in [1.54, 1.807) is 37.1 Å². The lowest BCUT2D eigenvalue weighted by atomic mass is 10.2. The molecule has 5 nitrogen and oxygen atoms in total. The Hall–Kier alpha value is -1.76. The molecule has 0 saturated carbocycles. The van der Waals surface area contributed by atoms with E-state index in [1.165, 1.54) is 0 Å². The number of hydrogen-bond donors (Lipinski definition) is 1. The molecule has 144 valence electrons. The van der Waals surface area contributed by atoms with Crippen molar-refractivity contribution in [2.24, 2.45) is 0 Å². The first-order chi connectivity index (χ1) is 13.1. The van der Waals surface area contributed by atoms with E-state index in [4.69, 9.17) is 37.4 Å². The summed E-state index contributed by atoms with van der Waals surface area (Å²) in [5, 5.41) is 3.92. The molecular weight excluding hydrogens is 409 g/mol. The highest BCUT2D eigenvalue weighted by molar-refractivity contribution is 7.98. The monoisotopic (exact) mass is 427 g/mol. The number of rotatable bonds is 7. The van der Waals surface area contributed by atoms with Crippen LogP contribution in [0, 0.1) is 0 Å². The maximum absolute atomic E-state index is 12.2. The van der Waals surface area contributed by atoms with Crippen molar-refractivity contribution in [3.8, 4) is 17.2 Å². The van der Waals surface area contributed by atoms with Crippen LogP contribution in [0.5, 0.6) is 17.2 Å². The van der Waals surface area contributed by atoms with Gasteiger partial charge in [0.2, 0.25) is 5.91 Å². The van der Waals surface area contributed by atoms with Crippen LogP contribution in [0.1, 0.15) is 12.0 Å². The Labute approximate surface area is 172 Å². The van der Waals surface area contributed by atoms with E-state index in [0.717, 1.165) is 11.3 Å². The van der Waals surface area contributed by atoms with E-state index in [1.807, 2.05) is 12.1 Å². The molecule has 0 bridgehead atoms. The molecule has 2 aromatic rings. The number of nitrogens with one attached hydrogen (secondary N) is 1. The second-order valence-electron chi connectivity index (χ2n) is 5.80. The molecule has 27 heavy (non-hydrogen) atoms. The van der Waals surface area contributed by atoms with Gasteiger partial charge >= 0.3 is 0 Å². The third kappa shape index (κ3) is 5.37. The van der Waals surface area contributed by atoms with Crippen molar-refractivity contribution in [3.63, 3.8) is 0 Å². The first-order valence-corrected chi connectivity index (χ1v) is 10.3. The first-order valence-electron chi connectivity index (χ1n) is 8.36. The van der Waals surface area contributed by atoms with Crippen LogP contribution in [0.4, 0.5) is 5.69 Å². The average molecular weight is 428 g/mol. The molecule has 2 aromatic carbocycles. The number of hydrogen-bond acceptors (Lipinski definition) is 5. The average Bonchev–Trinajstić information content (AvgIpc) is 2.65. The molecule has 0 spiro atoms. The van der Waals surface area contributed by atoms with Crippen LogP contribution < -0.4 is 19.5 Å². The fourth-order valence-corrected chi connectivity index (χ4v) is 3.93. The van der Waals surface area contributed by atoms with Crippen molar-refractivity contribution in [1.82, 2.24) is 0 Å². The standard InChI is InChI=1S/C19H19Cl2NO4S/c1-24-16-3-2-13(20)10-15(16)22-18(23)4-7-27-11-12-8-14(21)19-17(9-12)25-5-6-26-19/h2-3,8-10H,4-7,11H2,1H3,(H,22,23). The predicted molar refractivity (Wildman–Crippen MR) is 110 cm³/mol. The van der Waals surface area contributed by atoms with Gasteiger partial charge in [-0.15, -0.1) is 0 Å². The normalized spacial score (nSPS) is 12.6. The highest BCUT2D eigenvalue weighted by Crippen LogP contribution is 2.39. The molecule has 0 radical (unpaired) electrons. The van der Waals surface area contributed by atoms with Crippen LogP contribution in [0.25, 0.3) is 0 Å². The Bertz CT molecular complexity index is 832. The summed E-state index contributed by atoms with van der Waals surface area (Å²) in [6, 6.07) is 8.91. The lowest BCUT2D eigenvalue weighted by Gasteiger charge is -2.20. The van der Waals surface area contributed by atoms with Gasteiger partial charge in [0.05, 0.1) is 17.8 Å². The molecule has 0 saturated heterocycles. The summed E-state index contributed by atoms with van der Waals surface area (Å²) in [7, 11) is 1.55. The summed E-state index contributed by atoms with van der Waals surface area (Å²) >= 11 is 13.9. The van der Waals surface area contributed by atoms with Crippen LogP contribution in [-0.4, -0.2) is 32.0 Å². The van der Waals surface area contributed by atoms with Crippen molar-refractivity contribution in [2.75, 3.05) is 31.4 Å². The SMILES string of the molecule is COc1ccc(Cl)cc1NC(=O)CCSCc1cc(Cl)c2c(c1)OCCO2. The van der Waals surface area contributed by atoms with Gasteiger partial charge in [0.1, 0.15) is 19.0 Å². The van der Waals surface area contributed by atoms with Crippen molar-refractivity contribution in [1.29, 1.82) is 0 Å². The molecule has 1 aliphatic heterocycles. The Morgan fingerprint density at radius 3 is 2.85 bits per heavy atom. The summed E-state index contributed by atoms with van der Waals surface area (Å²) in [4.78, 5) is 12.2. The largest absolute Gasteiger partial charge is 0.495 e. The number of fused-ring (bicyclic) bond motifs is 1. The van der Waals surface area contributed by atoms with Crippen LogP contribution in [-0.2, 0) is 10.5 Å². The smallest absolute Gasteiger partial charge is 0.225 e. The fraction of sp³-hybridized carbons (Fsp3) is 0.316. The van der Waals surface area contributed by atoms with Crippen LogP contribution in [0.15, 0.2) is 30.3 Å². The highest BCUT2D eigenvalue weighted by atomic mass is 35.5. The van der Waals surface area contributed by atoms with Gasteiger partial charge in [-0.3, -0.25) is 4.79 Å². The van der Waals surface area contributed by atoms with E-state index >= 15 is 0 Å². The lowest BCUT2D eigenvalue weighted by Crippen LogP contribution is -2.15. The zero-order chi connectivity index (χ0) is 19.2. The van der Waals surface area contributed by atoms with Gasteiger partial charge in [-0.1, -0.05) is 23.2 Å². The number of benzene rings is 2. The predicted octanol–water partition coefficient (Wildman–Crippen LogP) is 5.04. The topological polar surface area (TPSA) is 56.8 Å². The van der Waals surface area contributed by atoms with Gasteiger partial charge in [0.15, 0.2) is 11.5 Å². The van der Waals surface area contributed by atoms with E-state index in [-0.39, 0.29) is 5.91 Å². The minimum absolute atomic E-state index is 0.0942. The number of carbonyl (C=O) groups is 1.